The number of phenols is 1. The Morgan fingerprint density at radius 3 is 2.62 bits per heavy atom. The van der Waals surface area contributed by atoms with Gasteiger partial charge in [0.2, 0.25) is 0 Å². The predicted molar refractivity (Wildman–Crippen MR) is 98.8 cm³/mol. The van der Waals surface area contributed by atoms with E-state index in [9.17, 15) is 20.1 Å². The summed E-state index contributed by atoms with van der Waals surface area (Å²) < 4.78 is 0. The number of fused-ring (bicyclic) bond motifs is 5. The van der Waals surface area contributed by atoms with E-state index in [0.29, 0.717) is 18.4 Å². The molecule has 4 nitrogen and oxygen atoms in total. The number of phenolic OH excluding ortho intramolecular Hbond substituents is 1. The fraction of sp³-hybridized carbons (Fsp3) is 0.682. The number of hydrogen-bond acceptors (Lipinski definition) is 4. The standard InChI is InChI=1S/C22H30O4/c1-13-4-7-17(24)19-14(13)5-6-16-15-8-9-20(2,10-11-23)21(15,3)12-18(25)22(16,19)26/h4,7,15-16,23-24,26H,5-6,8-12H2,1-3H3/t15?,16?,20-,21?,22?/m1/s1. The van der Waals surface area contributed by atoms with Crippen LogP contribution in [-0.4, -0.2) is 27.7 Å². The van der Waals surface area contributed by atoms with E-state index in [2.05, 4.69) is 13.8 Å². The molecule has 3 aliphatic rings. The highest BCUT2D eigenvalue weighted by atomic mass is 16.3. The summed E-state index contributed by atoms with van der Waals surface area (Å²) in [6.45, 7) is 6.49. The smallest absolute Gasteiger partial charge is 0.169 e. The minimum atomic E-state index is -1.57. The maximum Gasteiger partial charge on any atom is 0.169 e. The molecule has 3 N–H and O–H groups in total. The minimum absolute atomic E-state index is 0.0471. The molecule has 0 bridgehead atoms. The van der Waals surface area contributed by atoms with Crippen molar-refractivity contribution in [2.24, 2.45) is 22.7 Å². The topological polar surface area (TPSA) is 77.8 Å². The van der Waals surface area contributed by atoms with Gasteiger partial charge in [0.1, 0.15) is 5.75 Å². The molecule has 0 amide bonds. The molecule has 142 valence electrons. The Kier molecular flexibility index (Phi) is 3.85. The zero-order chi connectivity index (χ0) is 18.9. The monoisotopic (exact) mass is 358 g/mol. The van der Waals surface area contributed by atoms with E-state index >= 15 is 0 Å². The molecule has 0 spiro atoms. The average Bonchev–Trinajstić information content (AvgIpc) is 2.83. The van der Waals surface area contributed by atoms with Crippen LogP contribution in [0.5, 0.6) is 5.75 Å². The highest BCUT2D eigenvalue weighted by molar-refractivity contribution is 5.92. The molecule has 2 fully saturated rings. The first-order chi connectivity index (χ1) is 12.2. The van der Waals surface area contributed by atoms with E-state index in [0.717, 1.165) is 36.8 Å². The number of ketones is 1. The Morgan fingerprint density at radius 2 is 1.92 bits per heavy atom. The number of aryl methyl sites for hydroxylation is 1. The van der Waals surface area contributed by atoms with Crippen LogP contribution in [0.15, 0.2) is 12.1 Å². The van der Waals surface area contributed by atoms with E-state index in [1.54, 1.807) is 6.07 Å². The molecule has 2 saturated carbocycles. The number of carbonyl (C=O) groups is 1. The van der Waals surface area contributed by atoms with Crippen LogP contribution in [0.3, 0.4) is 0 Å². The zero-order valence-corrected chi connectivity index (χ0v) is 16.0. The molecule has 0 radical (unpaired) electrons. The van der Waals surface area contributed by atoms with Gasteiger partial charge in [0.25, 0.3) is 0 Å². The second-order valence-corrected chi connectivity index (χ2v) is 9.36. The Morgan fingerprint density at radius 1 is 1.19 bits per heavy atom. The van der Waals surface area contributed by atoms with Gasteiger partial charge in [0, 0.05) is 24.5 Å². The van der Waals surface area contributed by atoms with Crippen LogP contribution >= 0.6 is 0 Å². The van der Waals surface area contributed by atoms with Crippen molar-refractivity contribution in [1.29, 1.82) is 0 Å². The zero-order valence-electron chi connectivity index (χ0n) is 16.0. The molecule has 3 aliphatic carbocycles. The molecule has 4 unspecified atom stereocenters. The van der Waals surface area contributed by atoms with E-state index in [1.807, 2.05) is 13.0 Å². The molecule has 5 atom stereocenters. The fourth-order valence-corrected chi connectivity index (χ4v) is 6.66. The Labute approximate surface area is 155 Å². The third kappa shape index (κ3) is 2.00. The number of aromatic hydroxyl groups is 1. The molecular weight excluding hydrogens is 328 g/mol. The lowest BCUT2D eigenvalue weighted by Crippen LogP contribution is -2.59. The number of rotatable bonds is 2. The summed E-state index contributed by atoms with van der Waals surface area (Å²) in [5, 5.41) is 31.8. The Hall–Kier alpha value is -1.39. The van der Waals surface area contributed by atoms with Gasteiger partial charge in [-0.25, -0.2) is 0 Å². The van der Waals surface area contributed by atoms with Crippen molar-refractivity contribution in [1.82, 2.24) is 0 Å². The molecule has 0 heterocycles. The molecule has 4 heteroatoms. The SMILES string of the molecule is Cc1ccc(O)c2c1CCC1C3CC[C@](C)(CCO)C3(C)CC(=O)C21O. The second-order valence-electron chi connectivity index (χ2n) is 9.36. The summed E-state index contributed by atoms with van der Waals surface area (Å²) >= 11 is 0. The predicted octanol–water partition coefficient (Wildman–Crippen LogP) is 3.23. The number of benzene rings is 1. The highest BCUT2D eigenvalue weighted by Gasteiger charge is 2.67. The summed E-state index contributed by atoms with van der Waals surface area (Å²) in [7, 11) is 0. The molecule has 0 aliphatic heterocycles. The van der Waals surface area contributed by atoms with E-state index in [4.69, 9.17) is 0 Å². The molecule has 0 aromatic heterocycles. The van der Waals surface area contributed by atoms with E-state index < -0.39 is 5.60 Å². The molecule has 26 heavy (non-hydrogen) atoms. The van der Waals surface area contributed by atoms with E-state index in [-0.39, 0.29) is 40.8 Å². The van der Waals surface area contributed by atoms with Crippen molar-refractivity contribution >= 4 is 5.78 Å². The van der Waals surface area contributed by atoms with Gasteiger partial charge in [-0.2, -0.15) is 0 Å². The van der Waals surface area contributed by atoms with Gasteiger partial charge in [-0.15, -0.1) is 0 Å². The minimum Gasteiger partial charge on any atom is -0.508 e. The normalized spacial score (nSPS) is 41.5. The number of aliphatic hydroxyl groups is 2. The van der Waals surface area contributed by atoms with Crippen LogP contribution in [0.4, 0.5) is 0 Å². The molecule has 1 aromatic rings. The van der Waals surface area contributed by atoms with Crippen molar-refractivity contribution in [2.75, 3.05) is 6.61 Å². The Balaban J connectivity index is 1.86. The second kappa shape index (κ2) is 5.56. The van der Waals surface area contributed by atoms with Gasteiger partial charge < -0.3 is 15.3 Å². The van der Waals surface area contributed by atoms with Gasteiger partial charge in [0.15, 0.2) is 11.4 Å². The van der Waals surface area contributed by atoms with Crippen LogP contribution in [-0.2, 0) is 16.8 Å². The van der Waals surface area contributed by atoms with Crippen molar-refractivity contribution in [3.8, 4) is 5.75 Å². The third-order valence-electron chi connectivity index (χ3n) is 8.45. The van der Waals surface area contributed by atoms with Crippen LogP contribution in [0.25, 0.3) is 0 Å². The van der Waals surface area contributed by atoms with Gasteiger partial charge in [-0.05, 0) is 73.0 Å². The number of carbonyl (C=O) groups excluding carboxylic acids is 1. The van der Waals surface area contributed by atoms with Crippen LogP contribution in [0.2, 0.25) is 0 Å². The third-order valence-corrected chi connectivity index (χ3v) is 8.45. The average molecular weight is 358 g/mol. The number of Topliss-reactive ketones (excluding diaryl/α,β-unsaturated/α-hetero) is 1. The van der Waals surface area contributed by atoms with Crippen molar-refractivity contribution in [3.63, 3.8) is 0 Å². The first-order valence-electron chi connectivity index (χ1n) is 9.87. The van der Waals surface area contributed by atoms with Gasteiger partial charge in [-0.3, -0.25) is 4.79 Å². The van der Waals surface area contributed by atoms with Crippen LogP contribution in [0.1, 0.15) is 62.6 Å². The van der Waals surface area contributed by atoms with Crippen LogP contribution < -0.4 is 0 Å². The maximum absolute atomic E-state index is 13.4. The van der Waals surface area contributed by atoms with Gasteiger partial charge in [-0.1, -0.05) is 19.9 Å². The quantitative estimate of drug-likeness (QED) is 0.758. The summed E-state index contributed by atoms with van der Waals surface area (Å²) in [4.78, 5) is 13.4. The lowest BCUT2D eigenvalue weighted by atomic mass is 9.48. The van der Waals surface area contributed by atoms with Crippen LogP contribution in [0, 0.1) is 29.6 Å². The van der Waals surface area contributed by atoms with E-state index in [1.165, 1.54) is 0 Å². The van der Waals surface area contributed by atoms with Crippen molar-refractivity contribution in [3.05, 3.63) is 28.8 Å². The first-order valence-corrected chi connectivity index (χ1v) is 9.87. The lowest BCUT2D eigenvalue weighted by Gasteiger charge is -2.56. The van der Waals surface area contributed by atoms with Gasteiger partial charge in [0.05, 0.1) is 0 Å². The highest BCUT2D eigenvalue weighted by Crippen LogP contribution is 2.68. The molecule has 0 saturated heterocycles. The van der Waals surface area contributed by atoms with Gasteiger partial charge >= 0.3 is 0 Å². The number of aliphatic hydroxyl groups excluding tert-OH is 1. The summed E-state index contributed by atoms with van der Waals surface area (Å²) in [5.41, 5.74) is 0.577. The Bertz CT molecular complexity index is 772. The van der Waals surface area contributed by atoms with Crippen molar-refractivity contribution in [2.45, 2.75) is 64.9 Å². The summed E-state index contributed by atoms with van der Waals surface area (Å²) in [6.07, 6.45) is 4.51. The fourth-order valence-electron chi connectivity index (χ4n) is 6.66. The molecular formula is C22H30O4. The first kappa shape index (κ1) is 18.0. The molecule has 4 rings (SSSR count). The maximum atomic E-state index is 13.4. The summed E-state index contributed by atoms with van der Waals surface area (Å²) in [5.74, 6) is -0.0377. The number of hydrogen-bond donors (Lipinski definition) is 3. The largest absolute Gasteiger partial charge is 0.508 e. The summed E-state index contributed by atoms with van der Waals surface area (Å²) in [6, 6.07) is 3.48. The van der Waals surface area contributed by atoms with Crippen molar-refractivity contribution < 1.29 is 20.1 Å². The molecule has 1 aromatic carbocycles. The lowest BCUT2D eigenvalue weighted by molar-refractivity contribution is -0.174.